The molecule has 2 N–H and O–H groups in total. The number of pyridine rings is 1. The number of esters is 2. The second kappa shape index (κ2) is 7.56. The van der Waals surface area contributed by atoms with Gasteiger partial charge in [0.1, 0.15) is 6.10 Å². The fourth-order valence-electron chi connectivity index (χ4n) is 1.57. The highest BCUT2D eigenvalue weighted by Gasteiger charge is 2.23. The van der Waals surface area contributed by atoms with E-state index in [9.17, 15) is 19.8 Å². The Morgan fingerprint density at radius 2 is 2.05 bits per heavy atom. The number of carbonyl (C=O) groups excluding carboxylic acids is 2. The fourth-order valence-corrected chi connectivity index (χ4v) is 1.57. The third-order valence-corrected chi connectivity index (χ3v) is 2.57. The van der Waals surface area contributed by atoms with Crippen LogP contribution in [-0.4, -0.2) is 47.0 Å². The zero-order valence-electron chi connectivity index (χ0n) is 11.3. The number of aromatic nitrogens is 1. The molecule has 7 heteroatoms. The van der Waals surface area contributed by atoms with E-state index in [1.54, 1.807) is 6.92 Å². The largest absolute Gasteiger partial charge is 0.466 e. The number of rotatable bonds is 6. The lowest BCUT2D eigenvalue weighted by molar-refractivity contribution is -0.147. The summed E-state index contributed by atoms with van der Waals surface area (Å²) in [5, 5.41) is 19.7. The molecule has 1 rings (SSSR count). The second-order valence-corrected chi connectivity index (χ2v) is 4.02. The van der Waals surface area contributed by atoms with E-state index in [0.29, 0.717) is 0 Å². The molecule has 20 heavy (non-hydrogen) atoms. The van der Waals surface area contributed by atoms with Crippen molar-refractivity contribution in [1.29, 1.82) is 0 Å². The number of methoxy groups -OCH3 is 1. The van der Waals surface area contributed by atoms with E-state index in [1.165, 1.54) is 25.6 Å². The van der Waals surface area contributed by atoms with E-state index >= 15 is 0 Å². The van der Waals surface area contributed by atoms with Gasteiger partial charge in [0.2, 0.25) is 0 Å². The van der Waals surface area contributed by atoms with Crippen molar-refractivity contribution in [3.05, 3.63) is 29.6 Å². The Kier molecular flexibility index (Phi) is 6.08. The average molecular weight is 283 g/mol. The molecular weight excluding hydrogens is 266 g/mol. The Morgan fingerprint density at radius 1 is 1.35 bits per heavy atom. The van der Waals surface area contributed by atoms with Gasteiger partial charge >= 0.3 is 11.9 Å². The number of aliphatic hydroxyl groups is 2. The molecule has 0 bridgehead atoms. The van der Waals surface area contributed by atoms with E-state index in [0.717, 1.165) is 0 Å². The monoisotopic (exact) mass is 283 g/mol. The molecule has 1 aromatic heterocycles. The topological polar surface area (TPSA) is 106 Å². The third kappa shape index (κ3) is 4.29. The lowest BCUT2D eigenvalue weighted by Gasteiger charge is -2.17. The summed E-state index contributed by atoms with van der Waals surface area (Å²) in [6.07, 6.45) is -0.469. The average Bonchev–Trinajstić information content (AvgIpc) is 2.45. The second-order valence-electron chi connectivity index (χ2n) is 4.02. The van der Waals surface area contributed by atoms with E-state index in [4.69, 9.17) is 0 Å². The van der Waals surface area contributed by atoms with Crippen molar-refractivity contribution in [2.75, 3.05) is 13.7 Å². The summed E-state index contributed by atoms with van der Waals surface area (Å²) in [6, 6.07) is 1.35. The third-order valence-electron chi connectivity index (χ3n) is 2.57. The van der Waals surface area contributed by atoms with Crippen LogP contribution < -0.4 is 0 Å². The van der Waals surface area contributed by atoms with Crippen LogP contribution in [0.5, 0.6) is 0 Å². The fraction of sp³-hybridized carbons (Fsp3) is 0.462. The Labute approximate surface area is 116 Å². The standard InChI is InChI=1S/C13H17NO6/c1-3-20-11(16)5-10(15)12(17)8-4-9(7-14-6-8)13(18)19-2/h4,6-7,10,12,15,17H,3,5H2,1-2H3. The number of hydrogen-bond acceptors (Lipinski definition) is 7. The number of ether oxygens (including phenoxy) is 2. The molecular formula is C13H17NO6. The van der Waals surface area contributed by atoms with Gasteiger partial charge in [0.15, 0.2) is 0 Å². The van der Waals surface area contributed by atoms with E-state index in [2.05, 4.69) is 14.5 Å². The van der Waals surface area contributed by atoms with Crippen LogP contribution in [-0.2, 0) is 14.3 Å². The number of nitrogens with zero attached hydrogens (tertiary/aromatic N) is 1. The summed E-state index contributed by atoms with van der Waals surface area (Å²) in [5.41, 5.74) is 0.358. The van der Waals surface area contributed by atoms with Gasteiger partial charge in [-0.3, -0.25) is 9.78 Å². The maximum absolute atomic E-state index is 11.3. The van der Waals surface area contributed by atoms with Gasteiger partial charge in [-0.05, 0) is 13.0 Å². The first kappa shape index (κ1) is 16.1. The number of carbonyl (C=O) groups is 2. The Bertz CT molecular complexity index is 476. The molecule has 0 saturated carbocycles. The van der Waals surface area contributed by atoms with Crippen LogP contribution in [0.15, 0.2) is 18.5 Å². The highest BCUT2D eigenvalue weighted by molar-refractivity contribution is 5.89. The molecule has 0 saturated heterocycles. The molecule has 0 spiro atoms. The molecule has 0 radical (unpaired) electrons. The van der Waals surface area contributed by atoms with Gasteiger partial charge in [-0.25, -0.2) is 4.79 Å². The zero-order valence-corrected chi connectivity index (χ0v) is 11.3. The molecule has 2 unspecified atom stereocenters. The van der Waals surface area contributed by atoms with Gasteiger partial charge in [0.25, 0.3) is 0 Å². The van der Waals surface area contributed by atoms with Crippen molar-refractivity contribution in [3.8, 4) is 0 Å². The first-order valence-electron chi connectivity index (χ1n) is 6.04. The van der Waals surface area contributed by atoms with Crippen LogP contribution in [0.2, 0.25) is 0 Å². The first-order valence-corrected chi connectivity index (χ1v) is 6.04. The minimum Gasteiger partial charge on any atom is -0.466 e. The van der Waals surface area contributed by atoms with Crippen LogP contribution in [0, 0.1) is 0 Å². The minimum absolute atomic E-state index is 0.146. The maximum atomic E-state index is 11.3. The van der Waals surface area contributed by atoms with Crippen molar-refractivity contribution in [2.24, 2.45) is 0 Å². The molecule has 0 aliphatic heterocycles. The normalized spacial score (nSPS) is 13.4. The van der Waals surface area contributed by atoms with E-state index < -0.39 is 24.1 Å². The van der Waals surface area contributed by atoms with Crippen LogP contribution in [0.25, 0.3) is 0 Å². The molecule has 0 aromatic carbocycles. The van der Waals surface area contributed by atoms with Gasteiger partial charge < -0.3 is 19.7 Å². The highest BCUT2D eigenvalue weighted by Crippen LogP contribution is 2.19. The van der Waals surface area contributed by atoms with Crippen LogP contribution >= 0.6 is 0 Å². The van der Waals surface area contributed by atoms with Gasteiger partial charge in [0.05, 0.1) is 31.8 Å². The summed E-state index contributed by atoms with van der Waals surface area (Å²) >= 11 is 0. The molecule has 0 aliphatic carbocycles. The summed E-state index contributed by atoms with van der Waals surface area (Å²) in [6.45, 7) is 1.84. The predicted octanol–water partition coefficient (Wildman–Crippen LogP) is 0.216. The molecule has 0 aliphatic rings. The van der Waals surface area contributed by atoms with Crippen molar-refractivity contribution in [2.45, 2.75) is 25.6 Å². The van der Waals surface area contributed by atoms with Gasteiger partial charge in [0, 0.05) is 18.0 Å². The van der Waals surface area contributed by atoms with Crippen LogP contribution in [0.1, 0.15) is 35.4 Å². The van der Waals surface area contributed by atoms with Crippen molar-refractivity contribution < 1.29 is 29.3 Å². The van der Waals surface area contributed by atoms with Crippen molar-refractivity contribution in [3.63, 3.8) is 0 Å². The summed E-state index contributed by atoms with van der Waals surface area (Å²) in [4.78, 5) is 26.4. The van der Waals surface area contributed by atoms with Crippen molar-refractivity contribution >= 4 is 11.9 Å². The lowest BCUT2D eigenvalue weighted by atomic mass is 10.0. The molecule has 2 atom stereocenters. The van der Waals surface area contributed by atoms with Gasteiger partial charge in [-0.2, -0.15) is 0 Å². The molecule has 1 aromatic rings. The van der Waals surface area contributed by atoms with Crippen LogP contribution in [0.4, 0.5) is 0 Å². The smallest absolute Gasteiger partial charge is 0.339 e. The first-order chi connectivity index (χ1) is 9.49. The highest BCUT2D eigenvalue weighted by atomic mass is 16.5. The van der Waals surface area contributed by atoms with E-state index in [-0.39, 0.29) is 24.2 Å². The number of hydrogen-bond donors (Lipinski definition) is 2. The Morgan fingerprint density at radius 3 is 2.65 bits per heavy atom. The number of aliphatic hydroxyl groups excluding tert-OH is 2. The summed E-state index contributed by atoms with van der Waals surface area (Å²) in [5.74, 6) is -1.22. The van der Waals surface area contributed by atoms with E-state index in [1.807, 2.05) is 0 Å². The van der Waals surface area contributed by atoms with Gasteiger partial charge in [-0.15, -0.1) is 0 Å². The lowest BCUT2D eigenvalue weighted by Crippen LogP contribution is -2.23. The quantitative estimate of drug-likeness (QED) is 0.719. The summed E-state index contributed by atoms with van der Waals surface area (Å²) in [7, 11) is 1.22. The maximum Gasteiger partial charge on any atom is 0.339 e. The molecule has 7 nitrogen and oxygen atoms in total. The SMILES string of the molecule is CCOC(=O)CC(O)C(O)c1cncc(C(=O)OC)c1. The Hall–Kier alpha value is -1.99. The molecule has 0 amide bonds. The Balaban J connectivity index is 2.78. The van der Waals surface area contributed by atoms with Crippen molar-refractivity contribution in [1.82, 2.24) is 4.98 Å². The molecule has 110 valence electrons. The molecule has 1 heterocycles. The van der Waals surface area contributed by atoms with Crippen LogP contribution in [0.3, 0.4) is 0 Å². The van der Waals surface area contributed by atoms with Gasteiger partial charge in [-0.1, -0.05) is 0 Å². The predicted molar refractivity (Wildman–Crippen MR) is 67.8 cm³/mol. The zero-order chi connectivity index (χ0) is 15.1. The molecule has 0 fully saturated rings. The summed E-state index contributed by atoms with van der Waals surface area (Å²) < 4.78 is 9.21. The minimum atomic E-state index is -1.35.